The minimum absolute atomic E-state index is 0.444. The van der Waals surface area contributed by atoms with Crippen LogP contribution in [0.25, 0.3) is 28.1 Å². The van der Waals surface area contributed by atoms with Gasteiger partial charge in [-0.25, -0.2) is 9.67 Å². The molecule has 116 valence electrons. The van der Waals surface area contributed by atoms with Gasteiger partial charge in [-0.15, -0.1) is 5.10 Å². The number of nitrogens with two attached hydrogens (primary N) is 1. The lowest BCUT2D eigenvalue weighted by atomic mass is 10.2. The van der Waals surface area contributed by atoms with Crippen molar-refractivity contribution >= 4 is 16.9 Å². The quantitative estimate of drug-likeness (QED) is 0.623. The van der Waals surface area contributed by atoms with E-state index in [0.717, 1.165) is 16.7 Å². The molecule has 0 aliphatic rings. The Labute approximate surface area is 136 Å². The van der Waals surface area contributed by atoms with Crippen LogP contribution in [0.1, 0.15) is 10.4 Å². The average molecular weight is 316 g/mol. The van der Waals surface area contributed by atoms with Crippen molar-refractivity contribution in [3.8, 4) is 17.1 Å². The highest BCUT2D eigenvalue weighted by Gasteiger charge is 2.09. The summed E-state index contributed by atoms with van der Waals surface area (Å²) >= 11 is 0. The molecule has 7 nitrogen and oxygen atoms in total. The van der Waals surface area contributed by atoms with E-state index >= 15 is 0 Å². The Morgan fingerprint density at radius 1 is 0.958 bits per heavy atom. The maximum Gasteiger partial charge on any atom is 0.248 e. The highest BCUT2D eigenvalue weighted by Crippen LogP contribution is 2.18. The van der Waals surface area contributed by atoms with Crippen LogP contribution < -0.4 is 5.73 Å². The van der Waals surface area contributed by atoms with E-state index in [1.807, 2.05) is 24.3 Å². The molecule has 2 aromatic carbocycles. The number of para-hydroxylation sites is 2. The lowest BCUT2D eigenvalue weighted by Gasteiger charge is -2.01. The molecule has 4 aromatic rings. The Balaban J connectivity index is 1.69. The predicted molar refractivity (Wildman–Crippen MR) is 88.4 cm³/mol. The van der Waals surface area contributed by atoms with Crippen LogP contribution in [-0.4, -0.2) is 30.9 Å². The van der Waals surface area contributed by atoms with Crippen LogP contribution in [0, 0.1) is 0 Å². The smallest absolute Gasteiger partial charge is 0.248 e. The minimum atomic E-state index is -0.465. The maximum absolute atomic E-state index is 11.1. The number of aromatic nitrogens is 5. The summed E-state index contributed by atoms with van der Waals surface area (Å²) in [6.45, 7) is 0. The maximum atomic E-state index is 11.1. The first-order valence-corrected chi connectivity index (χ1v) is 7.25. The Hall–Kier alpha value is -3.61. The molecular formula is C17H12N6O. The molecule has 0 bridgehead atoms. The van der Waals surface area contributed by atoms with E-state index < -0.39 is 5.91 Å². The van der Waals surface area contributed by atoms with Crippen molar-refractivity contribution in [1.29, 1.82) is 0 Å². The van der Waals surface area contributed by atoms with Gasteiger partial charge in [0.1, 0.15) is 11.4 Å². The van der Waals surface area contributed by atoms with E-state index in [4.69, 9.17) is 5.73 Å². The Kier molecular flexibility index (Phi) is 3.24. The number of benzene rings is 2. The van der Waals surface area contributed by atoms with Gasteiger partial charge in [0, 0.05) is 5.56 Å². The van der Waals surface area contributed by atoms with Crippen LogP contribution in [0.5, 0.6) is 0 Å². The largest absolute Gasteiger partial charge is 0.366 e. The van der Waals surface area contributed by atoms with Crippen LogP contribution in [0.4, 0.5) is 0 Å². The number of nitrogens with zero attached hydrogens (tertiary/aromatic N) is 5. The number of hydrogen-bond donors (Lipinski definition) is 1. The SMILES string of the molecule is NC(=O)c1ccc(-n2cc(-c3cnc4ccccc4n3)nn2)cc1. The van der Waals surface area contributed by atoms with Gasteiger partial charge < -0.3 is 5.73 Å². The Bertz CT molecular complexity index is 1040. The molecule has 1 amide bonds. The van der Waals surface area contributed by atoms with Crippen molar-refractivity contribution in [2.75, 3.05) is 0 Å². The fraction of sp³-hybridized carbons (Fsp3) is 0. The highest BCUT2D eigenvalue weighted by molar-refractivity contribution is 5.92. The van der Waals surface area contributed by atoms with Gasteiger partial charge in [-0.05, 0) is 36.4 Å². The first kappa shape index (κ1) is 14.0. The zero-order valence-electron chi connectivity index (χ0n) is 12.5. The van der Waals surface area contributed by atoms with Crippen LogP contribution in [0.15, 0.2) is 60.9 Å². The fourth-order valence-corrected chi connectivity index (χ4v) is 2.37. The second-order valence-corrected chi connectivity index (χ2v) is 5.20. The summed E-state index contributed by atoms with van der Waals surface area (Å²) in [5, 5.41) is 8.25. The predicted octanol–water partition coefficient (Wildman–Crippen LogP) is 1.98. The first-order chi connectivity index (χ1) is 11.7. The summed E-state index contributed by atoms with van der Waals surface area (Å²) < 4.78 is 1.61. The molecule has 0 fully saturated rings. The van der Waals surface area contributed by atoms with E-state index in [1.165, 1.54) is 0 Å². The number of rotatable bonds is 3. The minimum Gasteiger partial charge on any atom is -0.366 e. The van der Waals surface area contributed by atoms with Crippen molar-refractivity contribution in [3.05, 3.63) is 66.5 Å². The molecule has 0 aliphatic heterocycles. The number of hydrogen-bond acceptors (Lipinski definition) is 5. The summed E-state index contributed by atoms with van der Waals surface area (Å²) in [5.41, 5.74) is 9.35. The standard InChI is InChI=1S/C17H12N6O/c18-17(24)11-5-7-12(8-6-11)23-10-16(21-22-23)15-9-19-13-3-1-2-4-14(13)20-15/h1-10H,(H2,18,24). The number of primary amides is 1. The second-order valence-electron chi connectivity index (χ2n) is 5.20. The fourth-order valence-electron chi connectivity index (χ4n) is 2.37. The molecule has 24 heavy (non-hydrogen) atoms. The molecule has 0 spiro atoms. The van der Waals surface area contributed by atoms with Crippen LogP contribution in [0.3, 0.4) is 0 Å². The van der Waals surface area contributed by atoms with Crippen LogP contribution in [0.2, 0.25) is 0 Å². The Morgan fingerprint density at radius 2 is 1.71 bits per heavy atom. The van der Waals surface area contributed by atoms with Gasteiger partial charge in [0.15, 0.2) is 0 Å². The monoisotopic (exact) mass is 316 g/mol. The topological polar surface area (TPSA) is 99.6 Å². The van der Waals surface area contributed by atoms with Gasteiger partial charge in [0.2, 0.25) is 5.91 Å². The molecule has 2 aromatic heterocycles. The van der Waals surface area contributed by atoms with Gasteiger partial charge in [0.25, 0.3) is 0 Å². The van der Waals surface area contributed by atoms with E-state index in [-0.39, 0.29) is 0 Å². The van der Waals surface area contributed by atoms with Crippen LogP contribution >= 0.6 is 0 Å². The zero-order chi connectivity index (χ0) is 16.5. The van der Waals surface area contributed by atoms with E-state index in [1.54, 1.807) is 41.3 Å². The number of amides is 1. The summed E-state index contributed by atoms with van der Waals surface area (Å²) in [6, 6.07) is 14.4. The van der Waals surface area contributed by atoms with E-state index in [2.05, 4.69) is 20.3 Å². The molecule has 0 saturated heterocycles. The van der Waals surface area contributed by atoms with Gasteiger partial charge in [-0.3, -0.25) is 9.78 Å². The zero-order valence-corrected chi connectivity index (χ0v) is 12.5. The molecule has 2 heterocycles. The first-order valence-electron chi connectivity index (χ1n) is 7.25. The summed E-state index contributed by atoms with van der Waals surface area (Å²) in [7, 11) is 0. The highest BCUT2D eigenvalue weighted by atomic mass is 16.1. The van der Waals surface area contributed by atoms with Gasteiger partial charge in [-0.1, -0.05) is 17.3 Å². The lowest BCUT2D eigenvalue weighted by molar-refractivity contribution is 0.100. The van der Waals surface area contributed by atoms with Crippen molar-refractivity contribution in [1.82, 2.24) is 25.0 Å². The molecule has 4 rings (SSSR count). The third-order valence-electron chi connectivity index (χ3n) is 3.62. The lowest BCUT2D eigenvalue weighted by Crippen LogP contribution is -2.10. The second kappa shape index (κ2) is 5.54. The molecule has 0 atom stereocenters. The molecule has 7 heteroatoms. The average Bonchev–Trinajstić information content (AvgIpc) is 3.11. The van der Waals surface area contributed by atoms with Crippen molar-refractivity contribution in [3.63, 3.8) is 0 Å². The number of carbonyl (C=O) groups is 1. The Morgan fingerprint density at radius 3 is 2.46 bits per heavy atom. The van der Waals surface area contributed by atoms with Crippen molar-refractivity contribution in [2.45, 2.75) is 0 Å². The normalized spacial score (nSPS) is 10.8. The summed E-state index contributed by atoms with van der Waals surface area (Å²) in [4.78, 5) is 20.0. The number of carbonyl (C=O) groups excluding carboxylic acids is 1. The number of fused-ring (bicyclic) bond motifs is 1. The van der Waals surface area contributed by atoms with Gasteiger partial charge in [-0.2, -0.15) is 0 Å². The van der Waals surface area contributed by atoms with Crippen molar-refractivity contribution < 1.29 is 4.79 Å². The summed E-state index contributed by atoms with van der Waals surface area (Å²) in [5.74, 6) is -0.465. The summed E-state index contributed by atoms with van der Waals surface area (Å²) in [6.07, 6.45) is 3.44. The molecule has 0 unspecified atom stereocenters. The molecule has 0 aliphatic carbocycles. The van der Waals surface area contributed by atoms with Gasteiger partial charge in [0.05, 0.1) is 29.1 Å². The van der Waals surface area contributed by atoms with Crippen LogP contribution in [-0.2, 0) is 0 Å². The van der Waals surface area contributed by atoms with E-state index in [0.29, 0.717) is 17.0 Å². The third kappa shape index (κ3) is 2.48. The molecule has 2 N–H and O–H groups in total. The third-order valence-corrected chi connectivity index (χ3v) is 3.62. The molecule has 0 saturated carbocycles. The van der Waals surface area contributed by atoms with E-state index in [9.17, 15) is 4.79 Å². The van der Waals surface area contributed by atoms with Crippen molar-refractivity contribution in [2.24, 2.45) is 5.73 Å². The molecule has 0 radical (unpaired) electrons. The molecular weight excluding hydrogens is 304 g/mol. The van der Waals surface area contributed by atoms with Gasteiger partial charge >= 0.3 is 0 Å².